The summed E-state index contributed by atoms with van der Waals surface area (Å²) >= 11 is 0. The number of amides is 1. The molecule has 0 atom stereocenters. The first-order valence-electron chi connectivity index (χ1n) is 7.16. The summed E-state index contributed by atoms with van der Waals surface area (Å²) < 4.78 is 10.6. The number of benzene rings is 2. The fourth-order valence-electron chi connectivity index (χ4n) is 2.09. The Bertz CT molecular complexity index is 809. The van der Waals surface area contributed by atoms with Gasteiger partial charge in [-0.25, -0.2) is 0 Å². The maximum Gasteiger partial charge on any atom is 0.262 e. The van der Waals surface area contributed by atoms with Crippen LogP contribution in [-0.4, -0.2) is 25.4 Å². The van der Waals surface area contributed by atoms with Crippen molar-refractivity contribution in [2.24, 2.45) is 0 Å². The molecule has 0 bridgehead atoms. The second-order valence-corrected chi connectivity index (χ2v) is 4.92. The number of nitrogens with zero attached hydrogens (tertiary/aromatic N) is 1. The highest BCUT2D eigenvalue weighted by Gasteiger charge is 2.12. The largest absolute Gasteiger partial charge is 0.493 e. The van der Waals surface area contributed by atoms with E-state index in [1.165, 1.54) is 20.1 Å². The van der Waals surface area contributed by atoms with Gasteiger partial charge in [-0.3, -0.25) is 9.59 Å². The third kappa shape index (κ3) is 4.11. The summed E-state index contributed by atoms with van der Waals surface area (Å²) in [5.41, 5.74) is 1.30. The number of carbonyl (C=O) groups excluding carboxylic acids is 2. The molecule has 1 N–H and O–H groups in total. The van der Waals surface area contributed by atoms with Crippen LogP contribution in [0.15, 0.2) is 42.5 Å². The number of rotatable bonds is 6. The Labute approximate surface area is 139 Å². The van der Waals surface area contributed by atoms with Crippen LogP contribution < -0.4 is 14.8 Å². The molecule has 6 heteroatoms. The van der Waals surface area contributed by atoms with Crippen molar-refractivity contribution in [2.75, 3.05) is 19.0 Å². The van der Waals surface area contributed by atoms with Crippen molar-refractivity contribution in [1.82, 2.24) is 0 Å². The molecule has 0 radical (unpaired) electrons. The monoisotopic (exact) mass is 324 g/mol. The lowest BCUT2D eigenvalue weighted by Gasteiger charge is -2.12. The first kappa shape index (κ1) is 17.0. The lowest BCUT2D eigenvalue weighted by Crippen LogP contribution is -2.21. The predicted octanol–water partition coefficient (Wildman–Crippen LogP) is 2.79. The van der Waals surface area contributed by atoms with Gasteiger partial charge in [-0.05, 0) is 31.2 Å². The summed E-state index contributed by atoms with van der Waals surface area (Å²) in [6.07, 6.45) is 0. The molecule has 0 unspecified atom stereocenters. The number of anilines is 1. The van der Waals surface area contributed by atoms with E-state index in [4.69, 9.17) is 14.7 Å². The van der Waals surface area contributed by atoms with Gasteiger partial charge < -0.3 is 14.8 Å². The Balaban J connectivity index is 2.04. The quantitative estimate of drug-likeness (QED) is 0.825. The zero-order chi connectivity index (χ0) is 17.5. The van der Waals surface area contributed by atoms with E-state index in [1.807, 2.05) is 6.07 Å². The summed E-state index contributed by atoms with van der Waals surface area (Å²) in [6.45, 7) is 1.18. The van der Waals surface area contributed by atoms with E-state index in [-0.39, 0.29) is 12.4 Å². The highest BCUT2D eigenvalue weighted by molar-refractivity contribution is 6.03. The standard InChI is InChI=1S/C18H16N2O4/c1-12(21)14-5-3-4-6-15(14)20-18(22)11-24-16-8-7-13(10-19)9-17(16)23-2/h3-9H,11H2,1-2H3,(H,20,22). The Morgan fingerprint density at radius 1 is 1.17 bits per heavy atom. The molecule has 0 aromatic heterocycles. The van der Waals surface area contributed by atoms with E-state index in [0.29, 0.717) is 28.3 Å². The van der Waals surface area contributed by atoms with Crippen LogP contribution in [0, 0.1) is 11.3 Å². The molecule has 0 saturated heterocycles. The number of methoxy groups -OCH3 is 1. The number of Topliss-reactive ketones (excluding diaryl/α,β-unsaturated/α-hetero) is 1. The molecular formula is C18H16N2O4. The van der Waals surface area contributed by atoms with Gasteiger partial charge in [0, 0.05) is 11.6 Å². The van der Waals surface area contributed by atoms with E-state index in [9.17, 15) is 9.59 Å². The fourth-order valence-corrected chi connectivity index (χ4v) is 2.09. The van der Waals surface area contributed by atoms with Gasteiger partial charge in [-0.1, -0.05) is 12.1 Å². The van der Waals surface area contributed by atoms with Gasteiger partial charge in [-0.15, -0.1) is 0 Å². The topological polar surface area (TPSA) is 88.4 Å². The van der Waals surface area contributed by atoms with Crippen molar-refractivity contribution in [3.8, 4) is 17.6 Å². The van der Waals surface area contributed by atoms with E-state index in [1.54, 1.807) is 36.4 Å². The molecule has 122 valence electrons. The molecule has 6 nitrogen and oxygen atoms in total. The van der Waals surface area contributed by atoms with Crippen LogP contribution in [0.5, 0.6) is 11.5 Å². The molecule has 2 aromatic rings. The van der Waals surface area contributed by atoms with Crippen molar-refractivity contribution in [3.05, 3.63) is 53.6 Å². The lowest BCUT2D eigenvalue weighted by atomic mass is 10.1. The average molecular weight is 324 g/mol. The Morgan fingerprint density at radius 2 is 1.92 bits per heavy atom. The zero-order valence-corrected chi connectivity index (χ0v) is 13.3. The smallest absolute Gasteiger partial charge is 0.262 e. The lowest BCUT2D eigenvalue weighted by molar-refractivity contribution is -0.118. The van der Waals surface area contributed by atoms with Crippen molar-refractivity contribution in [1.29, 1.82) is 5.26 Å². The van der Waals surface area contributed by atoms with Gasteiger partial charge in [0.1, 0.15) is 0 Å². The second-order valence-electron chi connectivity index (χ2n) is 4.92. The summed E-state index contributed by atoms with van der Waals surface area (Å²) in [7, 11) is 1.45. The van der Waals surface area contributed by atoms with Crippen molar-refractivity contribution < 1.29 is 19.1 Å². The van der Waals surface area contributed by atoms with Gasteiger partial charge in [0.25, 0.3) is 5.91 Å². The highest BCUT2D eigenvalue weighted by atomic mass is 16.5. The SMILES string of the molecule is COc1cc(C#N)ccc1OCC(=O)Nc1ccccc1C(C)=O. The van der Waals surface area contributed by atoms with Crippen molar-refractivity contribution >= 4 is 17.4 Å². The molecule has 0 aliphatic rings. The zero-order valence-electron chi connectivity index (χ0n) is 13.3. The van der Waals surface area contributed by atoms with Gasteiger partial charge in [0.05, 0.1) is 24.4 Å². The average Bonchev–Trinajstić information content (AvgIpc) is 2.60. The molecule has 0 fully saturated rings. The van der Waals surface area contributed by atoms with Crippen LogP contribution in [-0.2, 0) is 4.79 Å². The third-order valence-corrected chi connectivity index (χ3v) is 3.23. The normalized spacial score (nSPS) is 9.71. The Morgan fingerprint density at radius 3 is 2.58 bits per heavy atom. The van der Waals surface area contributed by atoms with Gasteiger partial charge >= 0.3 is 0 Å². The first-order chi connectivity index (χ1) is 11.5. The number of ketones is 1. The van der Waals surface area contributed by atoms with Crippen LogP contribution in [0.4, 0.5) is 5.69 Å². The predicted molar refractivity (Wildman–Crippen MR) is 88.3 cm³/mol. The summed E-state index contributed by atoms with van der Waals surface area (Å²) in [5.74, 6) is 0.174. The maximum absolute atomic E-state index is 12.0. The fraction of sp³-hybridized carbons (Fsp3) is 0.167. The van der Waals surface area contributed by atoms with Crippen LogP contribution in [0.25, 0.3) is 0 Å². The molecule has 0 spiro atoms. The molecule has 2 rings (SSSR count). The van der Waals surface area contributed by atoms with Crippen molar-refractivity contribution in [3.63, 3.8) is 0 Å². The van der Waals surface area contributed by atoms with Gasteiger partial charge in [0.2, 0.25) is 0 Å². The molecular weight excluding hydrogens is 308 g/mol. The van der Waals surface area contributed by atoms with Crippen LogP contribution in [0.1, 0.15) is 22.8 Å². The number of hydrogen-bond acceptors (Lipinski definition) is 5. The molecule has 0 heterocycles. The minimum absolute atomic E-state index is 0.138. The van der Waals surface area contributed by atoms with E-state index in [0.717, 1.165) is 0 Å². The Hall–Kier alpha value is -3.33. The highest BCUT2D eigenvalue weighted by Crippen LogP contribution is 2.27. The van der Waals surface area contributed by atoms with Crippen LogP contribution in [0.2, 0.25) is 0 Å². The van der Waals surface area contributed by atoms with Gasteiger partial charge in [0.15, 0.2) is 23.9 Å². The summed E-state index contributed by atoms with van der Waals surface area (Å²) in [4.78, 5) is 23.6. The first-order valence-corrected chi connectivity index (χ1v) is 7.16. The van der Waals surface area contributed by atoms with E-state index < -0.39 is 5.91 Å². The summed E-state index contributed by atoms with van der Waals surface area (Å²) in [5, 5.41) is 11.5. The van der Waals surface area contributed by atoms with Gasteiger partial charge in [-0.2, -0.15) is 5.26 Å². The second kappa shape index (κ2) is 7.79. The van der Waals surface area contributed by atoms with Crippen LogP contribution in [0.3, 0.4) is 0 Å². The molecule has 0 saturated carbocycles. The van der Waals surface area contributed by atoms with E-state index >= 15 is 0 Å². The van der Waals surface area contributed by atoms with Crippen molar-refractivity contribution in [2.45, 2.75) is 6.92 Å². The minimum atomic E-state index is -0.407. The maximum atomic E-state index is 12.0. The number of nitriles is 1. The molecule has 0 aliphatic heterocycles. The minimum Gasteiger partial charge on any atom is -0.493 e. The molecule has 0 aliphatic carbocycles. The molecule has 2 aromatic carbocycles. The Kier molecular flexibility index (Phi) is 5.53. The summed E-state index contributed by atoms with van der Waals surface area (Å²) in [6, 6.07) is 13.4. The van der Waals surface area contributed by atoms with E-state index in [2.05, 4.69) is 5.32 Å². The third-order valence-electron chi connectivity index (χ3n) is 3.23. The number of carbonyl (C=O) groups is 2. The number of ether oxygens (including phenoxy) is 2. The number of para-hydroxylation sites is 1. The molecule has 1 amide bonds. The number of hydrogen-bond donors (Lipinski definition) is 1. The molecule has 24 heavy (non-hydrogen) atoms. The number of nitrogens with one attached hydrogen (secondary N) is 1. The van der Waals surface area contributed by atoms with Crippen LogP contribution >= 0.6 is 0 Å².